The van der Waals surface area contributed by atoms with E-state index in [1.165, 1.54) is 10.4 Å². The maximum absolute atomic E-state index is 12.8. The molecule has 2 atom stereocenters. The molecule has 5 rings (SSSR count). The van der Waals surface area contributed by atoms with Crippen LogP contribution in [-0.4, -0.2) is 83.3 Å². The van der Waals surface area contributed by atoms with Crippen LogP contribution in [0.3, 0.4) is 0 Å². The number of hydrogen-bond donors (Lipinski definition) is 1. The summed E-state index contributed by atoms with van der Waals surface area (Å²) in [5.41, 5.74) is 1.53. The van der Waals surface area contributed by atoms with Crippen LogP contribution in [0.5, 0.6) is 5.75 Å². The van der Waals surface area contributed by atoms with Crippen LogP contribution in [-0.2, 0) is 16.0 Å². The Bertz CT molecular complexity index is 1370. The quantitative estimate of drug-likeness (QED) is 0.385. The highest BCUT2D eigenvalue weighted by atomic mass is 32.1. The molecule has 0 radical (unpaired) electrons. The Kier molecular flexibility index (Phi) is 8.31. The van der Waals surface area contributed by atoms with Crippen LogP contribution in [0.15, 0.2) is 18.3 Å². The number of aromatic nitrogens is 3. The Morgan fingerprint density at radius 1 is 1.32 bits per heavy atom. The third-order valence-corrected chi connectivity index (χ3v) is 8.55. The Hall–Kier alpha value is -2.82. The van der Waals surface area contributed by atoms with Gasteiger partial charge in [-0.1, -0.05) is 13.8 Å². The van der Waals surface area contributed by atoms with Crippen molar-refractivity contribution in [3.05, 3.63) is 28.8 Å². The van der Waals surface area contributed by atoms with E-state index < -0.39 is 0 Å². The van der Waals surface area contributed by atoms with Crippen LogP contribution in [0.2, 0.25) is 0 Å². The number of carbonyl (C=O) groups excluding carboxylic acids is 1. The normalized spacial score (nSPS) is 19.1. The Morgan fingerprint density at radius 2 is 2.12 bits per heavy atom. The molecule has 0 saturated carbocycles. The van der Waals surface area contributed by atoms with E-state index in [1.807, 2.05) is 44.9 Å². The van der Waals surface area contributed by atoms with Gasteiger partial charge in [0.1, 0.15) is 28.7 Å². The molecule has 0 aliphatic carbocycles. The minimum atomic E-state index is -0.306. The summed E-state index contributed by atoms with van der Waals surface area (Å²) in [6, 6.07) is 4.31. The minimum Gasteiger partial charge on any atom is -0.492 e. The first-order valence-corrected chi connectivity index (χ1v) is 15.1. The monoisotopic (exact) mass is 566 g/mol. The highest BCUT2D eigenvalue weighted by Crippen LogP contribution is 2.38. The second kappa shape index (κ2) is 11.6. The second-order valence-electron chi connectivity index (χ2n) is 12.5. The number of likely N-dealkylation sites (tertiary alicyclic amines) is 1. The molecule has 2 aliphatic rings. The molecular formula is C30H42N6O3S. The van der Waals surface area contributed by atoms with Gasteiger partial charge in [-0.2, -0.15) is 0 Å². The highest BCUT2D eigenvalue weighted by molar-refractivity contribution is 7.19. The van der Waals surface area contributed by atoms with Crippen molar-refractivity contribution >= 4 is 33.3 Å². The predicted molar refractivity (Wildman–Crippen MR) is 160 cm³/mol. The van der Waals surface area contributed by atoms with Gasteiger partial charge in [0, 0.05) is 48.9 Å². The van der Waals surface area contributed by atoms with Crippen LogP contribution in [0.25, 0.3) is 21.7 Å². The number of nitrogens with zero attached hydrogens (tertiary/aromatic N) is 5. The zero-order chi connectivity index (χ0) is 28.6. The lowest BCUT2D eigenvalue weighted by atomic mass is 10.1. The molecule has 10 heteroatoms. The van der Waals surface area contributed by atoms with Crippen molar-refractivity contribution in [2.24, 2.45) is 5.92 Å². The van der Waals surface area contributed by atoms with Crippen molar-refractivity contribution in [1.29, 1.82) is 0 Å². The zero-order valence-electron chi connectivity index (χ0n) is 24.8. The molecule has 5 heterocycles. The van der Waals surface area contributed by atoms with E-state index in [2.05, 4.69) is 36.0 Å². The largest absolute Gasteiger partial charge is 0.492 e. The van der Waals surface area contributed by atoms with Gasteiger partial charge in [-0.15, -0.1) is 11.3 Å². The number of hydrogen-bond acceptors (Lipinski definition) is 9. The van der Waals surface area contributed by atoms with E-state index in [1.54, 1.807) is 17.5 Å². The molecule has 2 aliphatic heterocycles. The molecule has 3 aromatic heterocycles. The molecule has 3 aromatic rings. The molecule has 0 spiro atoms. The highest BCUT2D eigenvalue weighted by Gasteiger charge is 2.38. The van der Waals surface area contributed by atoms with Crippen LogP contribution in [0, 0.1) is 12.8 Å². The lowest BCUT2D eigenvalue weighted by molar-refractivity contribution is -0.121. The van der Waals surface area contributed by atoms with Crippen molar-refractivity contribution in [1.82, 2.24) is 25.2 Å². The summed E-state index contributed by atoms with van der Waals surface area (Å²) in [6.45, 7) is 16.0. The number of amides is 1. The number of likely N-dealkylation sites (N-methyl/N-ethyl adjacent to an activating group) is 1. The predicted octanol–water partition coefficient (Wildman–Crippen LogP) is 4.46. The smallest absolute Gasteiger partial charge is 0.239 e. The molecular weight excluding hydrogens is 524 g/mol. The molecule has 0 unspecified atom stereocenters. The third-order valence-electron chi connectivity index (χ3n) is 7.34. The molecule has 2 bridgehead atoms. The first-order chi connectivity index (χ1) is 19.0. The summed E-state index contributed by atoms with van der Waals surface area (Å²) >= 11 is 1.71. The van der Waals surface area contributed by atoms with Crippen LogP contribution in [0.4, 0.5) is 5.82 Å². The summed E-state index contributed by atoms with van der Waals surface area (Å²) in [5.74, 6) is 2.49. The summed E-state index contributed by atoms with van der Waals surface area (Å²) in [4.78, 5) is 34.0. The van der Waals surface area contributed by atoms with Gasteiger partial charge in [0.2, 0.25) is 5.91 Å². The number of aryl methyl sites for hydroxylation is 1. The van der Waals surface area contributed by atoms with Crippen LogP contribution >= 0.6 is 11.3 Å². The standard InChI is InChI=1S/C30H42N6O3S/c1-18(2)12-24-19(3)26-28(35(7)16-25(37)34-30(4,5)6)32-27(33-29(26)40-24)23-14-21(8-9-31-23)38-11-10-36-15-22-13-20(36)17-39-22/h8-9,14,18,20,22H,10-13,15-17H2,1-7H3,(H,34,37)/t20-,22-/m0/s1. The first-order valence-electron chi connectivity index (χ1n) is 14.2. The van der Waals surface area contributed by atoms with Crippen molar-refractivity contribution < 1.29 is 14.3 Å². The van der Waals surface area contributed by atoms with Gasteiger partial charge in [-0.05, 0) is 58.1 Å². The maximum Gasteiger partial charge on any atom is 0.239 e. The van der Waals surface area contributed by atoms with E-state index >= 15 is 0 Å². The van der Waals surface area contributed by atoms with Crippen molar-refractivity contribution in [2.75, 3.05) is 44.8 Å². The van der Waals surface area contributed by atoms with E-state index in [0.717, 1.165) is 54.3 Å². The van der Waals surface area contributed by atoms with Gasteiger partial charge >= 0.3 is 0 Å². The lowest BCUT2D eigenvalue weighted by Crippen LogP contribution is -2.45. The van der Waals surface area contributed by atoms with Crippen molar-refractivity contribution in [3.63, 3.8) is 0 Å². The average Bonchev–Trinajstić information content (AvgIpc) is 3.57. The van der Waals surface area contributed by atoms with Crippen molar-refractivity contribution in [3.8, 4) is 17.3 Å². The SMILES string of the molecule is Cc1c(CC(C)C)sc2nc(-c3cc(OCCN4C[C@@H]5C[C@H]4CO5)ccn3)nc(N(C)CC(=O)NC(C)(C)C)c12. The second-order valence-corrected chi connectivity index (χ2v) is 13.6. The Labute approximate surface area is 241 Å². The van der Waals surface area contributed by atoms with E-state index in [4.69, 9.17) is 19.4 Å². The minimum absolute atomic E-state index is 0.0510. The topological polar surface area (TPSA) is 92.7 Å². The number of carbonyl (C=O) groups is 1. The van der Waals surface area contributed by atoms with Gasteiger partial charge in [0.05, 0.1) is 24.6 Å². The first kappa shape index (κ1) is 28.7. The Balaban J connectivity index is 1.41. The number of pyridine rings is 1. The molecule has 216 valence electrons. The number of nitrogens with one attached hydrogen (secondary N) is 1. The van der Waals surface area contributed by atoms with Gasteiger partial charge in [0.25, 0.3) is 0 Å². The van der Waals surface area contributed by atoms with E-state index in [9.17, 15) is 4.79 Å². The number of ether oxygens (including phenoxy) is 2. The Morgan fingerprint density at radius 3 is 2.80 bits per heavy atom. The molecule has 2 saturated heterocycles. The summed E-state index contributed by atoms with van der Waals surface area (Å²) in [6.07, 6.45) is 4.24. The van der Waals surface area contributed by atoms with Crippen LogP contribution in [0.1, 0.15) is 51.5 Å². The average molecular weight is 567 g/mol. The molecule has 0 aromatic carbocycles. The number of fused-ring (bicyclic) bond motifs is 3. The van der Waals surface area contributed by atoms with E-state index in [-0.39, 0.29) is 18.0 Å². The zero-order valence-corrected chi connectivity index (χ0v) is 25.6. The number of thiophene rings is 1. The molecule has 9 nitrogen and oxygen atoms in total. The van der Waals surface area contributed by atoms with Crippen LogP contribution < -0.4 is 15.0 Å². The van der Waals surface area contributed by atoms with Gasteiger partial charge in [0.15, 0.2) is 5.82 Å². The molecule has 1 amide bonds. The summed E-state index contributed by atoms with van der Waals surface area (Å²) in [7, 11) is 1.91. The molecule has 2 fully saturated rings. The summed E-state index contributed by atoms with van der Waals surface area (Å²) < 4.78 is 11.8. The summed E-state index contributed by atoms with van der Waals surface area (Å²) in [5, 5.41) is 4.06. The van der Waals surface area contributed by atoms with Gasteiger partial charge in [-0.25, -0.2) is 9.97 Å². The number of morpholine rings is 1. The number of rotatable bonds is 10. The van der Waals surface area contributed by atoms with Gasteiger partial charge in [-0.3, -0.25) is 14.7 Å². The fraction of sp³-hybridized carbons (Fsp3) is 0.600. The maximum atomic E-state index is 12.8. The van der Waals surface area contributed by atoms with Crippen molar-refractivity contribution in [2.45, 2.75) is 72.1 Å². The number of anilines is 1. The fourth-order valence-corrected chi connectivity index (χ4v) is 6.91. The fourth-order valence-electron chi connectivity index (χ4n) is 5.52. The van der Waals surface area contributed by atoms with E-state index in [0.29, 0.717) is 36.2 Å². The third kappa shape index (κ3) is 6.56. The molecule has 40 heavy (non-hydrogen) atoms. The molecule has 1 N–H and O–H groups in total. The van der Waals surface area contributed by atoms with Gasteiger partial charge < -0.3 is 19.7 Å². The lowest BCUT2D eigenvalue weighted by Gasteiger charge is -2.26.